The Morgan fingerprint density at radius 1 is 1.10 bits per heavy atom. The molecule has 0 aromatic heterocycles. The third kappa shape index (κ3) is 2.92. The topological polar surface area (TPSA) is 40.5 Å². The van der Waals surface area contributed by atoms with E-state index in [1.807, 2.05) is 47.4 Å². The van der Waals surface area contributed by atoms with Crippen molar-refractivity contribution in [3.05, 3.63) is 65.7 Å². The number of anilines is 1. The Balaban J connectivity index is 1.69. The Bertz CT molecular complexity index is 624. The van der Waals surface area contributed by atoms with Gasteiger partial charge in [0.05, 0.1) is 0 Å². The first-order valence-electron chi connectivity index (χ1n) is 7.37. The summed E-state index contributed by atoms with van der Waals surface area (Å²) in [5.41, 5.74) is 3.53. The highest BCUT2D eigenvalue weighted by Gasteiger charge is 2.33. The second-order valence-electron chi connectivity index (χ2n) is 5.47. The molecule has 1 atom stereocenters. The van der Waals surface area contributed by atoms with Gasteiger partial charge in [-0.05, 0) is 30.0 Å². The molecular formula is C18H19NO2. The van der Waals surface area contributed by atoms with Crippen LogP contribution in [0.1, 0.15) is 17.5 Å². The van der Waals surface area contributed by atoms with Gasteiger partial charge in [0.25, 0.3) is 0 Å². The van der Waals surface area contributed by atoms with E-state index in [4.69, 9.17) is 0 Å². The maximum atomic E-state index is 11.5. The summed E-state index contributed by atoms with van der Waals surface area (Å²) in [6.07, 6.45) is 2.55. The molecule has 0 radical (unpaired) electrons. The molecule has 0 amide bonds. The van der Waals surface area contributed by atoms with Crippen LogP contribution < -0.4 is 4.90 Å². The molecule has 108 valence electrons. The summed E-state index contributed by atoms with van der Waals surface area (Å²) < 4.78 is 0. The number of benzene rings is 2. The number of nitrogens with zero attached hydrogens (tertiary/aromatic N) is 1. The van der Waals surface area contributed by atoms with Crippen molar-refractivity contribution in [2.45, 2.75) is 25.3 Å². The number of carbonyl (C=O) groups is 1. The monoisotopic (exact) mass is 281 g/mol. The molecule has 1 unspecified atom stereocenters. The van der Waals surface area contributed by atoms with Gasteiger partial charge in [-0.25, -0.2) is 4.79 Å². The zero-order chi connectivity index (χ0) is 14.7. The summed E-state index contributed by atoms with van der Waals surface area (Å²) in [6, 6.07) is 17.9. The minimum absolute atomic E-state index is 0.418. The molecule has 1 N–H and O–H groups in total. The third-order valence-corrected chi connectivity index (χ3v) is 4.08. The Labute approximate surface area is 124 Å². The van der Waals surface area contributed by atoms with Gasteiger partial charge in [-0.3, -0.25) is 0 Å². The van der Waals surface area contributed by atoms with Crippen LogP contribution in [0.5, 0.6) is 0 Å². The van der Waals surface area contributed by atoms with E-state index < -0.39 is 12.0 Å². The van der Waals surface area contributed by atoms with Crippen LogP contribution in [0.15, 0.2) is 54.6 Å². The third-order valence-electron chi connectivity index (χ3n) is 4.08. The number of hydrogen-bond donors (Lipinski definition) is 1. The Kier molecular flexibility index (Phi) is 3.91. The molecule has 21 heavy (non-hydrogen) atoms. The minimum Gasteiger partial charge on any atom is -0.480 e. The molecule has 0 aliphatic carbocycles. The molecule has 0 fully saturated rings. The number of para-hydroxylation sites is 1. The first-order chi connectivity index (χ1) is 10.3. The number of carboxylic acid groups (broad SMARTS) is 1. The van der Waals surface area contributed by atoms with Crippen molar-refractivity contribution in [2.75, 3.05) is 11.4 Å². The van der Waals surface area contributed by atoms with Gasteiger partial charge in [0.2, 0.25) is 0 Å². The Morgan fingerprint density at radius 2 is 1.81 bits per heavy atom. The number of hydrogen-bond acceptors (Lipinski definition) is 2. The second kappa shape index (κ2) is 6.00. The standard InChI is InChI=1S/C18H19NO2/c20-18(21)17-13-15-10-4-5-11-16(15)19(17)12-6-9-14-7-2-1-3-8-14/h1-5,7-8,10-11,17H,6,9,12-13H2,(H,20,21). The average Bonchev–Trinajstić information content (AvgIpc) is 2.88. The smallest absolute Gasteiger partial charge is 0.326 e. The fourth-order valence-corrected chi connectivity index (χ4v) is 3.05. The highest BCUT2D eigenvalue weighted by Crippen LogP contribution is 2.32. The van der Waals surface area contributed by atoms with Crippen LogP contribution in [0, 0.1) is 0 Å². The molecule has 0 saturated heterocycles. The highest BCUT2D eigenvalue weighted by molar-refractivity contribution is 5.82. The van der Waals surface area contributed by atoms with Gasteiger partial charge in [0, 0.05) is 18.7 Å². The fraction of sp³-hybridized carbons (Fsp3) is 0.278. The zero-order valence-corrected chi connectivity index (χ0v) is 11.9. The van der Waals surface area contributed by atoms with Crippen molar-refractivity contribution < 1.29 is 9.90 Å². The molecule has 3 rings (SSSR count). The normalized spacial score (nSPS) is 16.8. The Hall–Kier alpha value is -2.29. The number of rotatable bonds is 5. The molecule has 2 aromatic rings. The molecule has 0 saturated carbocycles. The molecule has 3 nitrogen and oxygen atoms in total. The lowest BCUT2D eigenvalue weighted by atomic mass is 10.1. The predicted octanol–water partition coefficient (Wildman–Crippen LogP) is 3.14. The molecular weight excluding hydrogens is 262 g/mol. The van der Waals surface area contributed by atoms with Crippen LogP contribution in [0.25, 0.3) is 0 Å². The number of aryl methyl sites for hydroxylation is 1. The summed E-state index contributed by atoms with van der Waals surface area (Å²) in [4.78, 5) is 13.5. The van der Waals surface area contributed by atoms with Gasteiger partial charge in [-0.2, -0.15) is 0 Å². The van der Waals surface area contributed by atoms with Gasteiger partial charge in [-0.1, -0.05) is 48.5 Å². The maximum Gasteiger partial charge on any atom is 0.326 e. The largest absolute Gasteiger partial charge is 0.480 e. The molecule has 3 heteroatoms. The first-order valence-corrected chi connectivity index (χ1v) is 7.37. The lowest BCUT2D eigenvalue weighted by Gasteiger charge is -2.24. The van der Waals surface area contributed by atoms with Crippen LogP contribution in [0.3, 0.4) is 0 Å². The summed E-state index contributed by atoms with van der Waals surface area (Å²) in [7, 11) is 0. The van der Waals surface area contributed by atoms with Gasteiger partial charge in [0.15, 0.2) is 0 Å². The van der Waals surface area contributed by atoms with E-state index in [1.54, 1.807) is 0 Å². The molecule has 1 aliphatic heterocycles. The fourth-order valence-electron chi connectivity index (χ4n) is 3.05. The van der Waals surface area contributed by atoms with Gasteiger partial charge >= 0.3 is 5.97 Å². The number of fused-ring (bicyclic) bond motifs is 1. The van der Waals surface area contributed by atoms with Gasteiger partial charge in [0.1, 0.15) is 6.04 Å². The van der Waals surface area contributed by atoms with Gasteiger partial charge in [-0.15, -0.1) is 0 Å². The molecule has 1 heterocycles. The van der Waals surface area contributed by atoms with E-state index in [0.717, 1.165) is 30.6 Å². The van der Waals surface area contributed by atoms with Crippen molar-refractivity contribution in [3.63, 3.8) is 0 Å². The van der Waals surface area contributed by atoms with Crippen LogP contribution in [0.2, 0.25) is 0 Å². The highest BCUT2D eigenvalue weighted by atomic mass is 16.4. The van der Waals surface area contributed by atoms with Crippen LogP contribution in [-0.2, 0) is 17.6 Å². The molecule has 0 bridgehead atoms. The number of aliphatic carboxylic acids is 1. The summed E-state index contributed by atoms with van der Waals surface area (Å²) in [5, 5.41) is 9.43. The van der Waals surface area contributed by atoms with Crippen molar-refractivity contribution >= 4 is 11.7 Å². The lowest BCUT2D eigenvalue weighted by Crippen LogP contribution is -2.39. The van der Waals surface area contributed by atoms with Crippen molar-refractivity contribution in [1.29, 1.82) is 0 Å². The predicted molar refractivity (Wildman–Crippen MR) is 83.7 cm³/mol. The molecule has 2 aromatic carbocycles. The van der Waals surface area contributed by atoms with Crippen LogP contribution >= 0.6 is 0 Å². The minimum atomic E-state index is -0.731. The summed E-state index contributed by atoms with van der Waals surface area (Å²) in [5.74, 6) is -0.731. The summed E-state index contributed by atoms with van der Waals surface area (Å²) >= 11 is 0. The summed E-state index contributed by atoms with van der Waals surface area (Å²) in [6.45, 7) is 0.781. The SMILES string of the molecule is O=C(O)C1Cc2ccccc2N1CCCc1ccccc1. The average molecular weight is 281 g/mol. The molecule has 0 spiro atoms. The van der Waals surface area contributed by atoms with Crippen molar-refractivity contribution in [2.24, 2.45) is 0 Å². The first kappa shape index (κ1) is 13.7. The van der Waals surface area contributed by atoms with Gasteiger partial charge < -0.3 is 10.0 Å². The van der Waals surface area contributed by atoms with E-state index >= 15 is 0 Å². The number of carboxylic acids is 1. The van der Waals surface area contributed by atoms with E-state index in [9.17, 15) is 9.90 Å². The van der Waals surface area contributed by atoms with Crippen molar-refractivity contribution in [1.82, 2.24) is 0 Å². The van der Waals surface area contributed by atoms with Crippen LogP contribution in [0.4, 0.5) is 5.69 Å². The van der Waals surface area contributed by atoms with E-state index in [2.05, 4.69) is 12.1 Å². The Morgan fingerprint density at radius 3 is 2.57 bits per heavy atom. The quantitative estimate of drug-likeness (QED) is 0.915. The van der Waals surface area contributed by atoms with E-state index in [-0.39, 0.29) is 0 Å². The maximum absolute atomic E-state index is 11.5. The van der Waals surface area contributed by atoms with Crippen LogP contribution in [-0.4, -0.2) is 23.7 Å². The van der Waals surface area contributed by atoms with E-state index in [1.165, 1.54) is 5.56 Å². The molecule has 1 aliphatic rings. The zero-order valence-electron chi connectivity index (χ0n) is 11.9. The van der Waals surface area contributed by atoms with Crippen molar-refractivity contribution in [3.8, 4) is 0 Å². The second-order valence-corrected chi connectivity index (χ2v) is 5.47. The lowest BCUT2D eigenvalue weighted by molar-refractivity contribution is -0.138. The van der Waals surface area contributed by atoms with E-state index in [0.29, 0.717) is 6.42 Å².